The summed E-state index contributed by atoms with van der Waals surface area (Å²) >= 11 is 7.37. The number of methoxy groups -OCH3 is 1. The highest BCUT2D eigenvalue weighted by Gasteiger charge is 2.18. The van der Waals surface area contributed by atoms with Gasteiger partial charge in [-0.05, 0) is 17.9 Å². The van der Waals surface area contributed by atoms with E-state index >= 15 is 0 Å². The van der Waals surface area contributed by atoms with Gasteiger partial charge in [-0.25, -0.2) is 8.42 Å². The van der Waals surface area contributed by atoms with Crippen molar-refractivity contribution in [2.75, 3.05) is 18.1 Å². The van der Waals surface area contributed by atoms with Gasteiger partial charge in [-0.2, -0.15) is 0 Å². The Morgan fingerprint density at radius 2 is 2.05 bits per heavy atom. The van der Waals surface area contributed by atoms with Crippen molar-refractivity contribution in [1.29, 1.82) is 0 Å². The van der Waals surface area contributed by atoms with Crippen molar-refractivity contribution in [3.8, 4) is 5.75 Å². The minimum Gasteiger partial charge on any atom is -0.493 e. The molecular formula is C13H14ClN3O3S2. The fourth-order valence-electron chi connectivity index (χ4n) is 1.69. The molecule has 0 aliphatic carbocycles. The van der Waals surface area contributed by atoms with E-state index in [4.69, 9.17) is 16.3 Å². The molecule has 0 atom stereocenters. The normalized spacial score (nSPS) is 11.2. The summed E-state index contributed by atoms with van der Waals surface area (Å²) in [4.78, 5) is 0. The van der Waals surface area contributed by atoms with Crippen molar-refractivity contribution in [1.82, 2.24) is 10.2 Å². The second-order valence-electron chi connectivity index (χ2n) is 4.26. The molecule has 1 heterocycles. The summed E-state index contributed by atoms with van der Waals surface area (Å²) < 4.78 is 32.0. The molecule has 0 unspecified atom stereocenters. The predicted octanol–water partition coefficient (Wildman–Crippen LogP) is 2.80. The van der Waals surface area contributed by atoms with E-state index in [0.29, 0.717) is 21.4 Å². The zero-order valence-electron chi connectivity index (χ0n) is 11.9. The van der Waals surface area contributed by atoms with E-state index in [9.17, 15) is 8.42 Å². The monoisotopic (exact) mass is 359 g/mol. The van der Waals surface area contributed by atoms with Crippen molar-refractivity contribution in [2.24, 2.45) is 0 Å². The van der Waals surface area contributed by atoms with Gasteiger partial charge in [-0.15, -0.1) is 22.0 Å². The Hall–Kier alpha value is -1.51. The van der Waals surface area contributed by atoms with E-state index in [1.165, 1.54) is 18.9 Å². The van der Waals surface area contributed by atoms with Crippen LogP contribution in [-0.4, -0.2) is 32.0 Å². The molecule has 1 aromatic carbocycles. The number of thioether (sulfide) groups is 1. The number of anilines is 1. The van der Waals surface area contributed by atoms with Crippen LogP contribution in [-0.2, 0) is 15.8 Å². The van der Waals surface area contributed by atoms with Crippen LogP contribution >= 0.6 is 23.4 Å². The first-order chi connectivity index (χ1) is 10.4. The quantitative estimate of drug-likeness (QED) is 0.799. The first kappa shape index (κ1) is 16.9. The molecule has 2 rings (SSSR count). The van der Waals surface area contributed by atoms with Gasteiger partial charge < -0.3 is 4.74 Å². The average Bonchev–Trinajstić information content (AvgIpc) is 2.49. The first-order valence-corrected chi connectivity index (χ1v) is 9.40. The van der Waals surface area contributed by atoms with Crippen LogP contribution in [0.25, 0.3) is 0 Å². The summed E-state index contributed by atoms with van der Waals surface area (Å²) in [7, 11) is -2.25. The third kappa shape index (κ3) is 4.25. The largest absolute Gasteiger partial charge is 0.493 e. The van der Waals surface area contributed by atoms with Gasteiger partial charge in [0.1, 0.15) is 5.03 Å². The number of nitrogens with one attached hydrogen (secondary N) is 1. The Bertz CT molecular complexity index is 769. The molecule has 0 saturated heterocycles. The van der Waals surface area contributed by atoms with Crippen molar-refractivity contribution in [2.45, 2.75) is 10.8 Å². The molecule has 0 saturated carbocycles. The number of halogens is 1. The van der Waals surface area contributed by atoms with Crippen molar-refractivity contribution in [3.63, 3.8) is 0 Å². The molecule has 9 heteroatoms. The smallest absolute Gasteiger partial charge is 0.238 e. The van der Waals surface area contributed by atoms with Crippen LogP contribution in [0.1, 0.15) is 5.56 Å². The van der Waals surface area contributed by atoms with Crippen LogP contribution in [0.4, 0.5) is 5.82 Å². The molecular weight excluding hydrogens is 346 g/mol. The lowest BCUT2D eigenvalue weighted by atomic mass is 10.2. The van der Waals surface area contributed by atoms with Crippen LogP contribution < -0.4 is 9.46 Å². The summed E-state index contributed by atoms with van der Waals surface area (Å²) in [5.41, 5.74) is 0.504. The fraction of sp³-hybridized carbons (Fsp3) is 0.231. The number of aromatic nitrogens is 2. The van der Waals surface area contributed by atoms with Crippen molar-refractivity contribution >= 4 is 39.2 Å². The maximum absolute atomic E-state index is 12.2. The third-order valence-corrected chi connectivity index (χ3v) is 4.90. The lowest BCUT2D eigenvalue weighted by Crippen LogP contribution is -2.17. The molecule has 1 N–H and O–H groups in total. The number of sulfonamides is 1. The minimum atomic E-state index is -3.69. The molecule has 6 nitrogen and oxygen atoms in total. The Morgan fingerprint density at radius 3 is 2.68 bits per heavy atom. The number of ether oxygens (including phenoxy) is 1. The average molecular weight is 360 g/mol. The number of hydrogen-bond donors (Lipinski definition) is 1. The second kappa shape index (κ2) is 7.17. The van der Waals surface area contributed by atoms with Gasteiger partial charge in [0.05, 0.1) is 12.9 Å². The molecule has 118 valence electrons. The highest BCUT2D eigenvalue weighted by Crippen LogP contribution is 2.26. The summed E-state index contributed by atoms with van der Waals surface area (Å²) in [5, 5.41) is 8.77. The summed E-state index contributed by atoms with van der Waals surface area (Å²) in [5.74, 6) is 0.0938. The van der Waals surface area contributed by atoms with Crippen LogP contribution in [0.2, 0.25) is 5.02 Å². The Kier molecular flexibility index (Phi) is 5.49. The fourth-order valence-corrected chi connectivity index (χ4v) is 3.49. The standard InChI is InChI=1S/C13H14ClN3O3S2/c1-20-11-7-12(21-2)15-16-13(11)17-22(18,19)8-9-5-3-4-6-10(9)14/h3-7H,8H2,1-2H3,(H,16,17). The molecule has 22 heavy (non-hydrogen) atoms. The van der Waals surface area contributed by atoms with Gasteiger partial charge in [0.15, 0.2) is 5.75 Å². The Balaban J connectivity index is 2.24. The van der Waals surface area contributed by atoms with E-state index in [0.717, 1.165) is 0 Å². The van der Waals surface area contributed by atoms with Crippen LogP contribution in [0.3, 0.4) is 0 Å². The molecule has 0 spiro atoms. The van der Waals surface area contributed by atoms with E-state index in [1.807, 2.05) is 6.26 Å². The SMILES string of the molecule is COc1cc(SC)nnc1NS(=O)(=O)Cc1ccccc1Cl. The van der Waals surface area contributed by atoms with Crippen LogP contribution in [0, 0.1) is 0 Å². The predicted molar refractivity (Wildman–Crippen MR) is 88.1 cm³/mol. The second-order valence-corrected chi connectivity index (χ2v) is 7.21. The van der Waals surface area contributed by atoms with Gasteiger partial charge >= 0.3 is 0 Å². The van der Waals surface area contributed by atoms with Crippen molar-refractivity contribution in [3.05, 3.63) is 40.9 Å². The van der Waals surface area contributed by atoms with Crippen LogP contribution in [0.5, 0.6) is 5.75 Å². The number of hydrogen-bond acceptors (Lipinski definition) is 6. The number of nitrogens with zero attached hydrogens (tertiary/aromatic N) is 2. The molecule has 0 aliphatic heterocycles. The first-order valence-electron chi connectivity index (χ1n) is 6.15. The summed E-state index contributed by atoms with van der Waals surface area (Å²) in [6.07, 6.45) is 1.84. The number of benzene rings is 1. The Labute approximate surface area is 138 Å². The summed E-state index contributed by atoms with van der Waals surface area (Å²) in [6, 6.07) is 8.37. The molecule has 0 fully saturated rings. The third-order valence-electron chi connectivity index (χ3n) is 2.72. The van der Waals surface area contributed by atoms with E-state index < -0.39 is 10.0 Å². The van der Waals surface area contributed by atoms with Gasteiger partial charge in [-0.1, -0.05) is 29.8 Å². The van der Waals surface area contributed by atoms with E-state index in [1.54, 1.807) is 30.3 Å². The lowest BCUT2D eigenvalue weighted by molar-refractivity contribution is 0.412. The molecule has 2 aromatic rings. The molecule has 0 amide bonds. The molecule has 0 aliphatic rings. The zero-order chi connectivity index (χ0) is 16.2. The molecule has 0 bridgehead atoms. The highest BCUT2D eigenvalue weighted by molar-refractivity contribution is 7.98. The molecule has 1 aromatic heterocycles. The van der Waals surface area contributed by atoms with E-state index in [-0.39, 0.29) is 11.6 Å². The zero-order valence-corrected chi connectivity index (χ0v) is 14.3. The van der Waals surface area contributed by atoms with Gasteiger partial charge in [0, 0.05) is 11.1 Å². The number of rotatable bonds is 6. The lowest BCUT2D eigenvalue weighted by Gasteiger charge is -2.11. The van der Waals surface area contributed by atoms with E-state index in [2.05, 4.69) is 14.9 Å². The topological polar surface area (TPSA) is 81.2 Å². The Morgan fingerprint density at radius 1 is 1.32 bits per heavy atom. The highest BCUT2D eigenvalue weighted by atomic mass is 35.5. The molecule has 0 radical (unpaired) electrons. The maximum atomic E-state index is 12.2. The summed E-state index contributed by atoms with van der Waals surface area (Å²) in [6.45, 7) is 0. The minimum absolute atomic E-state index is 0.0485. The van der Waals surface area contributed by atoms with Crippen molar-refractivity contribution < 1.29 is 13.2 Å². The van der Waals surface area contributed by atoms with Gasteiger partial charge in [0.25, 0.3) is 0 Å². The van der Waals surface area contributed by atoms with Gasteiger partial charge in [0.2, 0.25) is 15.8 Å². The maximum Gasteiger partial charge on any atom is 0.238 e. The van der Waals surface area contributed by atoms with Crippen LogP contribution in [0.15, 0.2) is 35.4 Å². The van der Waals surface area contributed by atoms with Gasteiger partial charge in [-0.3, -0.25) is 4.72 Å².